The summed E-state index contributed by atoms with van der Waals surface area (Å²) in [5, 5.41) is 7.41. The summed E-state index contributed by atoms with van der Waals surface area (Å²) < 4.78 is 28.2. The number of anilines is 2. The molecule has 2 amide bonds. The predicted molar refractivity (Wildman–Crippen MR) is 149 cm³/mol. The van der Waals surface area contributed by atoms with Gasteiger partial charge >= 0.3 is 0 Å². The Morgan fingerprint density at radius 2 is 1.70 bits per heavy atom. The van der Waals surface area contributed by atoms with Gasteiger partial charge in [-0.1, -0.05) is 42.5 Å². The molecule has 0 saturated heterocycles. The normalized spacial score (nSPS) is 12.1. The van der Waals surface area contributed by atoms with E-state index >= 15 is 0 Å². The van der Waals surface area contributed by atoms with E-state index < -0.39 is 15.9 Å². The van der Waals surface area contributed by atoms with Gasteiger partial charge < -0.3 is 10.6 Å². The highest BCUT2D eigenvalue weighted by atomic mass is 79.9. The molecule has 1 unspecified atom stereocenters. The highest BCUT2D eigenvalue weighted by Crippen LogP contribution is 2.28. The number of hydrogen-bond donors (Lipinski definition) is 3. The van der Waals surface area contributed by atoms with Gasteiger partial charge in [0.25, 0.3) is 5.91 Å². The number of carbonyl (C=O) groups excluding carboxylic acids is 2. The van der Waals surface area contributed by atoms with Crippen LogP contribution in [-0.4, -0.2) is 37.5 Å². The fraction of sp³-hybridized carbons (Fsp3) is 0.148. The van der Waals surface area contributed by atoms with Gasteiger partial charge in [0.2, 0.25) is 15.9 Å². The van der Waals surface area contributed by atoms with Crippen LogP contribution < -0.4 is 15.4 Å². The molecule has 4 aromatic rings. The number of carbonyl (C=O) groups is 2. The van der Waals surface area contributed by atoms with Gasteiger partial charge in [-0.15, -0.1) is 0 Å². The number of aromatic nitrogens is 1. The number of amides is 2. The Morgan fingerprint density at radius 3 is 2.43 bits per heavy atom. The van der Waals surface area contributed by atoms with E-state index in [1.807, 2.05) is 30.3 Å². The van der Waals surface area contributed by atoms with Gasteiger partial charge in [0.1, 0.15) is 5.69 Å². The van der Waals surface area contributed by atoms with Crippen molar-refractivity contribution >= 4 is 59.9 Å². The lowest BCUT2D eigenvalue weighted by atomic mass is 10.00. The molecule has 1 heterocycles. The van der Waals surface area contributed by atoms with Gasteiger partial charge in [-0.05, 0) is 75.6 Å². The quantitative estimate of drug-likeness (QED) is 0.260. The summed E-state index contributed by atoms with van der Waals surface area (Å²) in [4.78, 5) is 29.1. The summed E-state index contributed by atoms with van der Waals surface area (Å²) >= 11 is 3.44. The minimum atomic E-state index is -3.65. The number of sulfonamides is 1. The van der Waals surface area contributed by atoms with Crippen molar-refractivity contribution in [2.24, 2.45) is 0 Å². The topological polar surface area (TPSA) is 117 Å². The van der Waals surface area contributed by atoms with Crippen LogP contribution in [-0.2, 0) is 14.8 Å². The van der Waals surface area contributed by atoms with Gasteiger partial charge in [0.05, 0.1) is 17.4 Å². The van der Waals surface area contributed by atoms with E-state index in [9.17, 15) is 18.0 Å². The van der Waals surface area contributed by atoms with Crippen LogP contribution in [0.1, 0.15) is 28.9 Å². The predicted octanol–water partition coefficient (Wildman–Crippen LogP) is 4.91. The monoisotopic (exact) mass is 580 g/mol. The molecule has 8 nitrogen and oxygen atoms in total. The van der Waals surface area contributed by atoms with E-state index in [0.717, 1.165) is 10.8 Å². The number of halogens is 1. The second-order valence-corrected chi connectivity index (χ2v) is 11.1. The summed E-state index contributed by atoms with van der Waals surface area (Å²) in [6.07, 6.45) is 1.54. The first-order valence-corrected chi connectivity index (χ1v) is 14.0. The molecule has 0 aliphatic rings. The molecule has 0 aliphatic heterocycles. The largest absolute Gasteiger partial charge is 0.354 e. The zero-order valence-corrected chi connectivity index (χ0v) is 22.3. The number of pyridine rings is 1. The van der Waals surface area contributed by atoms with Gasteiger partial charge in [0, 0.05) is 22.9 Å². The number of hydrogen-bond acceptors (Lipinski definition) is 5. The molecule has 0 aliphatic carbocycles. The molecule has 0 bridgehead atoms. The van der Waals surface area contributed by atoms with Crippen molar-refractivity contribution in [2.75, 3.05) is 22.3 Å². The smallest absolute Gasteiger partial charge is 0.274 e. The van der Waals surface area contributed by atoms with E-state index in [1.165, 1.54) is 6.20 Å². The molecular weight excluding hydrogens is 556 g/mol. The molecule has 3 aromatic carbocycles. The van der Waals surface area contributed by atoms with Crippen LogP contribution in [0.15, 0.2) is 89.5 Å². The Kier molecular flexibility index (Phi) is 8.20. The van der Waals surface area contributed by atoms with Crippen LogP contribution in [0.2, 0.25) is 0 Å². The van der Waals surface area contributed by atoms with Gasteiger partial charge in [-0.3, -0.25) is 19.3 Å². The highest BCUT2D eigenvalue weighted by Gasteiger charge is 2.18. The zero-order valence-electron chi connectivity index (χ0n) is 19.9. The lowest BCUT2D eigenvalue weighted by molar-refractivity contribution is -0.122. The van der Waals surface area contributed by atoms with Crippen molar-refractivity contribution < 1.29 is 18.0 Å². The highest BCUT2D eigenvalue weighted by molar-refractivity contribution is 9.10. The van der Waals surface area contributed by atoms with Crippen molar-refractivity contribution in [1.29, 1.82) is 0 Å². The van der Waals surface area contributed by atoms with Crippen LogP contribution in [0.25, 0.3) is 10.8 Å². The van der Waals surface area contributed by atoms with Crippen molar-refractivity contribution in [1.82, 2.24) is 10.3 Å². The Labute approximate surface area is 223 Å². The molecule has 0 spiro atoms. The number of nitrogens with zero attached hydrogens (tertiary/aromatic N) is 1. The van der Waals surface area contributed by atoms with Crippen LogP contribution in [0.4, 0.5) is 11.4 Å². The lowest BCUT2D eigenvalue weighted by Crippen LogP contribution is -2.33. The van der Waals surface area contributed by atoms with E-state index in [-0.39, 0.29) is 29.8 Å². The second-order valence-electron chi connectivity index (χ2n) is 8.40. The SMILES string of the molecule is CC(C(=O)NCCS(=O)(=O)Nc1ccc2ccccc2c1)c1ccc(NC(=O)c2ccccn2)c(Br)c1. The number of nitrogens with one attached hydrogen (secondary N) is 3. The Bertz CT molecular complexity index is 1540. The van der Waals surface area contributed by atoms with E-state index in [0.29, 0.717) is 21.4 Å². The number of benzene rings is 3. The molecule has 10 heteroatoms. The summed E-state index contributed by atoms with van der Waals surface area (Å²) in [7, 11) is -3.65. The standard InChI is InChI=1S/C27H25BrN4O4S/c1-18(20-10-12-24(23(28)17-20)31-27(34)25-8-4-5-13-29-25)26(33)30-14-15-37(35,36)32-22-11-9-19-6-2-3-7-21(19)16-22/h2-13,16-18,32H,14-15H2,1H3,(H,30,33)(H,31,34). The van der Waals surface area contributed by atoms with Crippen molar-refractivity contribution in [3.8, 4) is 0 Å². The van der Waals surface area contributed by atoms with Gasteiger partial charge in [0.15, 0.2) is 0 Å². The van der Waals surface area contributed by atoms with E-state index in [2.05, 4.69) is 36.3 Å². The maximum Gasteiger partial charge on any atom is 0.274 e. The first kappa shape index (κ1) is 26.3. The minimum absolute atomic E-state index is 0.0362. The maximum absolute atomic E-state index is 12.7. The van der Waals surface area contributed by atoms with Gasteiger partial charge in [-0.2, -0.15) is 0 Å². The van der Waals surface area contributed by atoms with Crippen LogP contribution in [0, 0.1) is 0 Å². The lowest BCUT2D eigenvalue weighted by Gasteiger charge is -2.15. The van der Waals surface area contributed by atoms with Crippen LogP contribution >= 0.6 is 15.9 Å². The average molecular weight is 581 g/mol. The molecule has 37 heavy (non-hydrogen) atoms. The first-order valence-electron chi connectivity index (χ1n) is 11.5. The van der Waals surface area contributed by atoms with Crippen molar-refractivity contribution in [3.05, 3.63) is 101 Å². The summed E-state index contributed by atoms with van der Waals surface area (Å²) in [5.41, 5.74) is 2.00. The zero-order chi connectivity index (χ0) is 26.4. The molecule has 4 rings (SSSR count). The van der Waals surface area contributed by atoms with E-state index in [4.69, 9.17) is 0 Å². The van der Waals surface area contributed by atoms with Gasteiger partial charge in [-0.25, -0.2) is 8.42 Å². The first-order chi connectivity index (χ1) is 17.7. The fourth-order valence-electron chi connectivity index (χ4n) is 3.68. The number of rotatable bonds is 9. The third kappa shape index (κ3) is 6.93. The van der Waals surface area contributed by atoms with E-state index in [1.54, 1.807) is 55.5 Å². The molecule has 1 aromatic heterocycles. The second kappa shape index (κ2) is 11.5. The number of fused-ring (bicyclic) bond motifs is 1. The fourth-order valence-corrected chi connectivity index (χ4v) is 5.14. The summed E-state index contributed by atoms with van der Waals surface area (Å²) in [5.74, 6) is -1.45. The Balaban J connectivity index is 1.31. The molecule has 1 atom stereocenters. The molecule has 0 fully saturated rings. The average Bonchev–Trinajstić information content (AvgIpc) is 2.89. The minimum Gasteiger partial charge on any atom is -0.354 e. The Hall–Kier alpha value is -3.76. The molecule has 0 radical (unpaired) electrons. The third-order valence-corrected chi connectivity index (χ3v) is 7.67. The van der Waals surface area contributed by atoms with Crippen molar-refractivity contribution in [3.63, 3.8) is 0 Å². The third-order valence-electron chi connectivity index (χ3n) is 5.72. The molecule has 190 valence electrons. The summed E-state index contributed by atoms with van der Waals surface area (Å²) in [6.45, 7) is 1.69. The van der Waals surface area contributed by atoms with Crippen LogP contribution in [0.5, 0.6) is 0 Å². The molecular formula is C27H25BrN4O4S. The van der Waals surface area contributed by atoms with Crippen LogP contribution in [0.3, 0.4) is 0 Å². The Morgan fingerprint density at radius 1 is 0.946 bits per heavy atom. The molecule has 3 N–H and O–H groups in total. The summed E-state index contributed by atoms with van der Waals surface area (Å²) in [6, 6.07) is 23.3. The maximum atomic E-state index is 12.7. The van der Waals surface area contributed by atoms with Crippen molar-refractivity contribution in [2.45, 2.75) is 12.8 Å². The molecule has 0 saturated carbocycles.